The van der Waals surface area contributed by atoms with E-state index < -0.39 is 6.10 Å². The average molecular weight is 230 g/mol. The van der Waals surface area contributed by atoms with Gasteiger partial charge in [-0.15, -0.1) is 0 Å². The SMILES string of the molecule is COCC(C)C(O)Cc1ccncc1Cl. The van der Waals surface area contributed by atoms with Gasteiger partial charge in [0.2, 0.25) is 0 Å². The normalized spacial score (nSPS) is 14.9. The van der Waals surface area contributed by atoms with Crippen molar-refractivity contribution in [2.45, 2.75) is 19.4 Å². The second-order valence-corrected chi connectivity index (χ2v) is 4.08. The molecular weight excluding hydrogens is 214 g/mol. The average Bonchev–Trinajstić information content (AvgIpc) is 2.21. The monoisotopic (exact) mass is 229 g/mol. The van der Waals surface area contributed by atoms with Crippen LogP contribution in [-0.2, 0) is 11.2 Å². The zero-order chi connectivity index (χ0) is 11.3. The summed E-state index contributed by atoms with van der Waals surface area (Å²) in [6.07, 6.45) is 3.36. The first kappa shape index (κ1) is 12.4. The molecule has 0 aliphatic carbocycles. The van der Waals surface area contributed by atoms with Crippen molar-refractivity contribution in [1.82, 2.24) is 4.98 Å². The minimum Gasteiger partial charge on any atom is -0.392 e. The number of nitrogens with zero attached hydrogens (tertiary/aromatic N) is 1. The largest absolute Gasteiger partial charge is 0.392 e. The summed E-state index contributed by atoms with van der Waals surface area (Å²) in [5.74, 6) is 0.0965. The van der Waals surface area contributed by atoms with Crippen LogP contribution in [-0.4, -0.2) is 29.9 Å². The number of pyridine rings is 1. The summed E-state index contributed by atoms with van der Waals surface area (Å²) in [6, 6.07) is 1.82. The van der Waals surface area contributed by atoms with Gasteiger partial charge in [-0.2, -0.15) is 0 Å². The Morgan fingerprint density at radius 1 is 1.60 bits per heavy atom. The van der Waals surface area contributed by atoms with Crippen molar-refractivity contribution in [2.24, 2.45) is 5.92 Å². The van der Waals surface area contributed by atoms with Crippen LogP contribution in [0.25, 0.3) is 0 Å². The molecule has 0 saturated heterocycles. The van der Waals surface area contributed by atoms with Crippen molar-refractivity contribution in [1.29, 1.82) is 0 Å². The molecular formula is C11H16ClNO2. The van der Waals surface area contributed by atoms with E-state index in [0.29, 0.717) is 18.1 Å². The Bertz CT molecular complexity index is 306. The Kier molecular flexibility index (Phi) is 5.02. The van der Waals surface area contributed by atoms with Crippen LogP contribution in [0.3, 0.4) is 0 Å². The van der Waals surface area contributed by atoms with Crippen molar-refractivity contribution in [3.8, 4) is 0 Å². The highest BCUT2D eigenvalue weighted by Gasteiger charge is 2.15. The fourth-order valence-electron chi connectivity index (χ4n) is 1.37. The molecule has 0 aliphatic rings. The topological polar surface area (TPSA) is 42.4 Å². The Hall–Kier alpha value is -0.640. The molecule has 1 heterocycles. The second-order valence-electron chi connectivity index (χ2n) is 3.67. The first-order valence-electron chi connectivity index (χ1n) is 4.90. The van der Waals surface area contributed by atoms with Crippen molar-refractivity contribution in [3.63, 3.8) is 0 Å². The third-order valence-electron chi connectivity index (χ3n) is 2.37. The molecule has 1 rings (SSSR count). The van der Waals surface area contributed by atoms with Gasteiger partial charge in [0.15, 0.2) is 0 Å². The summed E-state index contributed by atoms with van der Waals surface area (Å²) < 4.78 is 4.99. The van der Waals surface area contributed by atoms with Crippen LogP contribution in [0.1, 0.15) is 12.5 Å². The molecule has 1 aromatic heterocycles. The molecule has 1 N–H and O–H groups in total. The maximum absolute atomic E-state index is 9.87. The van der Waals surface area contributed by atoms with E-state index in [1.54, 1.807) is 19.5 Å². The summed E-state index contributed by atoms with van der Waals surface area (Å²) in [5, 5.41) is 10.5. The second kappa shape index (κ2) is 6.05. The lowest BCUT2D eigenvalue weighted by atomic mass is 9.99. The number of hydrogen-bond donors (Lipinski definition) is 1. The third-order valence-corrected chi connectivity index (χ3v) is 2.71. The molecule has 4 heteroatoms. The van der Waals surface area contributed by atoms with Gasteiger partial charge < -0.3 is 9.84 Å². The van der Waals surface area contributed by atoms with Gasteiger partial charge >= 0.3 is 0 Å². The molecule has 3 nitrogen and oxygen atoms in total. The predicted octanol–water partition coefficient (Wildman–Crippen LogP) is 1.92. The van der Waals surface area contributed by atoms with Crippen molar-refractivity contribution < 1.29 is 9.84 Å². The lowest BCUT2D eigenvalue weighted by molar-refractivity contribution is 0.0575. The summed E-state index contributed by atoms with van der Waals surface area (Å²) in [6.45, 7) is 2.49. The predicted molar refractivity (Wildman–Crippen MR) is 60.0 cm³/mol. The zero-order valence-electron chi connectivity index (χ0n) is 8.98. The molecule has 0 amide bonds. The number of aliphatic hydroxyl groups excluding tert-OH is 1. The first-order valence-corrected chi connectivity index (χ1v) is 5.28. The molecule has 0 aromatic carbocycles. The fraction of sp³-hybridized carbons (Fsp3) is 0.545. The van der Waals surface area contributed by atoms with E-state index in [2.05, 4.69) is 4.98 Å². The maximum Gasteiger partial charge on any atom is 0.0628 e. The highest BCUT2D eigenvalue weighted by molar-refractivity contribution is 6.31. The highest BCUT2D eigenvalue weighted by atomic mass is 35.5. The minimum absolute atomic E-state index is 0.0965. The molecule has 15 heavy (non-hydrogen) atoms. The van der Waals surface area contributed by atoms with E-state index in [9.17, 15) is 5.11 Å². The van der Waals surface area contributed by atoms with E-state index in [4.69, 9.17) is 16.3 Å². The van der Waals surface area contributed by atoms with Gasteiger partial charge in [0, 0.05) is 31.8 Å². The van der Waals surface area contributed by atoms with E-state index in [1.807, 2.05) is 13.0 Å². The molecule has 0 fully saturated rings. The van der Waals surface area contributed by atoms with E-state index in [-0.39, 0.29) is 5.92 Å². The minimum atomic E-state index is -0.440. The van der Waals surface area contributed by atoms with E-state index >= 15 is 0 Å². The molecule has 2 atom stereocenters. The van der Waals surface area contributed by atoms with Crippen LogP contribution in [0.2, 0.25) is 5.02 Å². The van der Waals surface area contributed by atoms with Crippen LogP contribution >= 0.6 is 11.6 Å². The number of aromatic nitrogens is 1. The Labute approximate surface area is 95.1 Å². The van der Waals surface area contributed by atoms with Gasteiger partial charge in [0.1, 0.15) is 0 Å². The van der Waals surface area contributed by atoms with Crippen molar-refractivity contribution in [3.05, 3.63) is 29.0 Å². The summed E-state index contributed by atoms with van der Waals surface area (Å²) in [5.41, 5.74) is 0.919. The summed E-state index contributed by atoms with van der Waals surface area (Å²) >= 11 is 5.95. The first-order chi connectivity index (χ1) is 7.15. The van der Waals surface area contributed by atoms with E-state index in [1.165, 1.54) is 0 Å². The van der Waals surface area contributed by atoms with Crippen LogP contribution in [0, 0.1) is 5.92 Å². The van der Waals surface area contributed by atoms with Crippen molar-refractivity contribution >= 4 is 11.6 Å². The van der Waals surface area contributed by atoms with E-state index in [0.717, 1.165) is 5.56 Å². The number of rotatable bonds is 5. The number of halogens is 1. The molecule has 0 spiro atoms. The number of ether oxygens (including phenoxy) is 1. The van der Waals surface area contributed by atoms with Gasteiger partial charge in [-0.3, -0.25) is 4.98 Å². The highest BCUT2D eigenvalue weighted by Crippen LogP contribution is 2.18. The lowest BCUT2D eigenvalue weighted by Gasteiger charge is -2.18. The van der Waals surface area contributed by atoms with Gasteiger partial charge in [-0.1, -0.05) is 18.5 Å². The van der Waals surface area contributed by atoms with Crippen LogP contribution in [0.5, 0.6) is 0 Å². The molecule has 1 aromatic rings. The van der Waals surface area contributed by atoms with Gasteiger partial charge in [0.05, 0.1) is 17.7 Å². The number of hydrogen-bond acceptors (Lipinski definition) is 3. The van der Waals surface area contributed by atoms with Gasteiger partial charge in [-0.05, 0) is 11.6 Å². The molecule has 84 valence electrons. The Morgan fingerprint density at radius 3 is 2.93 bits per heavy atom. The Morgan fingerprint density at radius 2 is 2.33 bits per heavy atom. The molecule has 2 unspecified atom stereocenters. The quantitative estimate of drug-likeness (QED) is 0.839. The lowest BCUT2D eigenvalue weighted by Crippen LogP contribution is -2.24. The van der Waals surface area contributed by atoms with Gasteiger partial charge in [-0.25, -0.2) is 0 Å². The molecule has 0 saturated carbocycles. The zero-order valence-corrected chi connectivity index (χ0v) is 9.74. The summed E-state index contributed by atoms with van der Waals surface area (Å²) in [4.78, 5) is 3.90. The van der Waals surface area contributed by atoms with Crippen molar-refractivity contribution in [2.75, 3.05) is 13.7 Å². The summed E-state index contributed by atoms with van der Waals surface area (Å²) in [7, 11) is 1.63. The molecule has 0 bridgehead atoms. The van der Waals surface area contributed by atoms with Crippen LogP contribution < -0.4 is 0 Å². The van der Waals surface area contributed by atoms with Gasteiger partial charge in [0.25, 0.3) is 0 Å². The Balaban J connectivity index is 2.58. The van der Waals surface area contributed by atoms with Crippen LogP contribution in [0.15, 0.2) is 18.5 Å². The maximum atomic E-state index is 9.87. The smallest absolute Gasteiger partial charge is 0.0628 e. The standard InChI is InChI=1S/C11H16ClNO2/c1-8(7-15-2)11(14)5-9-3-4-13-6-10(9)12/h3-4,6,8,11,14H,5,7H2,1-2H3. The van der Waals surface area contributed by atoms with Crippen LogP contribution in [0.4, 0.5) is 0 Å². The third kappa shape index (κ3) is 3.78. The fourth-order valence-corrected chi connectivity index (χ4v) is 1.57. The number of aliphatic hydroxyl groups is 1. The number of methoxy groups -OCH3 is 1. The molecule has 0 aliphatic heterocycles. The molecule has 0 radical (unpaired) electrons.